The Labute approximate surface area is 177 Å². The first-order valence-electron chi connectivity index (χ1n) is 9.27. The molecule has 28 heavy (non-hydrogen) atoms. The van der Waals surface area contributed by atoms with Crippen molar-refractivity contribution in [2.75, 3.05) is 36.5 Å². The highest BCUT2D eigenvalue weighted by atomic mass is 35.5. The van der Waals surface area contributed by atoms with E-state index < -0.39 is 5.97 Å². The Balaban J connectivity index is 1.89. The molecule has 0 amide bonds. The second kappa shape index (κ2) is 10.9. The predicted molar refractivity (Wildman–Crippen MR) is 121 cm³/mol. The maximum Gasteiger partial charge on any atom is 0.339 e. The second-order valence-electron chi connectivity index (χ2n) is 6.21. The van der Waals surface area contributed by atoms with Crippen LogP contribution in [0.15, 0.2) is 42.5 Å². The first-order valence-corrected chi connectivity index (χ1v) is 10.1. The number of hydrogen-bond acceptors (Lipinski definition) is 4. The van der Waals surface area contributed by atoms with Crippen LogP contribution < -0.4 is 15.5 Å². The number of benzene rings is 2. The van der Waals surface area contributed by atoms with Gasteiger partial charge in [0.1, 0.15) is 0 Å². The van der Waals surface area contributed by atoms with Crippen LogP contribution in [0.3, 0.4) is 0 Å². The van der Waals surface area contributed by atoms with E-state index in [0.717, 1.165) is 13.1 Å². The van der Waals surface area contributed by atoms with E-state index in [1.54, 1.807) is 25.1 Å². The van der Waals surface area contributed by atoms with Crippen molar-refractivity contribution in [3.8, 4) is 0 Å². The molecule has 0 radical (unpaired) electrons. The van der Waals surface area contributed by atoms with Crippen LogP contribution in [-0.2, 0) is 4.74 Å². The fourth-order valence-electron chi connectivity index (χ4n) is 2.67. The van der Waals surface area contributed by atoms with Gasteiger partial charge in [0.25, 0.3) is 0 Å². The first kappa shape index (κ1) is 22.0. The highest BCUT2D eigenvalue weighted by Gasteiger charge is 2.12. The van der Waals surface area contributed by atoms with Gasteiger partial charge >= 0.3 is 5.97 Å². The van der Waals surface area contributed by atoms with Crippen molar-refractivity contribution < 1.29 is 9.53 Å². The minimum atomic E-state index is -0.452. The van der Waals surface area contributed by atoms with Crippen LogP contribution in [0.2, 0.25) is 5.02 Å². The zero-order valence-corrected chi connectivity index (χ0v) is 18.0. The monoisotopic (exact) mass is 419 g/mol. The first-order chi connectivity index (χ1) is 13.4. The van der Waals surface area contributed by atoms with Crippen molar-refractivity contribution in [1.82, 2.24) is 5.32 Å². The number of halogens is 1. The molecule has 2 N–H and O–H groups in total. The van der Waals surface area contributed by atoms with E-state index in [-0.39, 0.29) is 0 Å². The summed E-state index contributed by atoms with van der Waals surface area (Å²) >= 11 is 11.4. The number of hydrogen-bond donors (Lipinski definition) is 2. The molecule has 0 spiro atoms. The van der Waals surface area contributed by atoms with E-state index in [9.17, 15) is 4.79 Å². The van der Waals surface area contributed by atoms with E-state index >= 15 is 0 Å². The van der Waals surface area contributed by atoms with E-state index in [0.29, 0.717) is 34.5 Å². The molecule has 0 bridgehead atoms. The molecule has 7 heteroatoms. The number of esters is 1. The maximum atomic E-state index is 12.0. The molecule has 2 rings (SSSR count). The summed E-state index contributed by atoms with van der Waals surface area (Å²) in [4.78, 5) is 14.2. The molecule has 0 aliphatic rings. The topological polar surface area (TPSA) is 53.6 Å². The molecule has 0 unspecified atom stereocenters. The summed E-state index contributed by atoms with van der Waals surface area (Å²) in [6, 6.07) is 13.5. The van der Waals surface area contributed by atoms with Gasteiger partial charge in [0.2, 0.25) is 0 Å². The molecule has 0 saturated carbocycles. The quantitative estimate of drug-likeness (QED) is 0.480. The number of likely N-dealkylation sites (N-methyl/N-ethyl adjacent to an activating group) is 1. The van der Waals surface area contributed by atoms with Crippen molar-refractivity contribution in [1.29, 1.82) is 0 Å². The highest BCUT2D eigenvalue weighted by molar-refractivity contribution is 7.80. The highest BCUT2D eigenvalue weighted by Crippen LogP contribution is 2.21. The minimum Gasteiger partial charge on any atom is -0.462 e. The van der Waals surface area contributed by atoms with Gasteiger partial charge in [-0.05, 0) is 63.3 Å². The molecular weight excluding hydrogens is 394 g/mol. The Morgan fingerprint density at radius 1 is 1.18 bits per heavy atom. The average Bonchev–Trinajstić information content (AvgIpc) is 2.68. The number of anilines is 2. The lowest BCUT2D eigenvalue weighted by atomic mass is 10.2. The number of rotatable bonds is 8. The summed E-state index contributed by atoms with van der Waals surface area (Å²) in [5.74, 6) is -0.452. The van der Waals surface area contributed by atoms with Crippen molar-refractivity contribution in [2.24, 2.45) is 0 Å². The number of nitrogens with one attached hydrogen (secondary N) is 2. The third-order valence-electron chi connectivity index (χ3n) is 4.17. The van der Waals surface area contributed by atoms with Gasteiger partial charge in [-0.15, -0.1) is 0 Å². The van der Waals surface area contributed by atoms with Gasteiger partial charge in [-0.1, -0.05) is 29.3 Å². The van der Waals surface area contributed by atoms with E-state index in [4.69, 9.17) is 28.6 Å². The van der Waals surface area contributed by atoms with Crippen LogP contribution in [0.1, 0.15) is 29.8 Å². The van der Waals surface area contributed by atoms with Gasteiger partial charge < -0.3 is 20.3 Å². The summed E-state index contributed by atoms with van der Waals surface area (Å²) in [5.41, 5.74) is 3.42. The number of nitrogens with zero attached hydrogens (tertiary/aromatic N) is 1. The SMILES string of the molecule is CCOC(=O)c1cc(NC(=S)NCCN(CC)c2ccc(C)cc2)ccc1Cl. The molecule has 0 aromatic heterocycles. The molecule has 0 aliphatic carbocycles. The lowest BCUT2D eigenvalue weighted by molar-refractivity contribution is 0.0526. The Kier molecular flexibility index (Phi) is 8.54. The van der Waals surface area contributed by atoms with Gasteiger partial charge in [-0.3, -0.25) is 0 Å². The fraction of sp³-hybridized carbons (Fsp3) is 0.333. The van der Waals surface area contributed by atoms with Crippen LogP contribution in [0.4, 0.5) is 11.4 Å². The molecule has 5 nitrogen and oxygen atoms in total. The molecular formula is C21H26ClN3O2S. The summed E-state index contributed by atoms with van der Waals surface area (Å²) in [6.45, 7) is 8.66. The second-order valence-corrected chi connectivity index (χ2v) is 7.03. The third-order valence-corrected chi connectivity index (χ3v) is 4.74. The number of thiocarbonyl (C=S) groups is 1. The lowest BCUT2D eigenvalue weighted by Gasteiger charge is -2.24. The smallest absolute Gasteiger partial charge is 0.339 e. The molecule has 2 aromatic rings. The Bertz CT molecular complexity index is 812. The maximum absolute atomic E-state index is 12.0. The van der Waals surface area contributed by atoms with E-state index in [1.807, 2.05) is 0 Å². The Hall–Kier alpha value is -2.31. The largest absolute Gasteiger partial charge is 0.462 e. The van der Waals surface area contributed by atoms with Crippen LogP contribution in [0.25, 0.3) is 0 Å². The minimum absolute atomic E-state index is 0.293. The standard InChI is InChI=1S/C21H26ClN3O2S/c1-4-25(17-9-6-15(3)7-10-17)13-12-23-21(28)24-16-8-11-19(22)18(14-16)20(26)27-5-2/h6-11,14H,4-5,12-13H2,1-3H3,(H2,23,24,28). The van der Waals surface area contributed by atoms with Gasteiger partial charge in [0, 0.05) is 31.0 Å². The van der Waals surface area contributed by atoms with E-state index in [1.165, 1.54) is 11.3 Å². The predicted octanol–water partition coefficient (Wildman–Crippen LogP) is 4.64. The molecule has 0 fully saturated rings. The number of aryl methyl sites for hydroxylation is 1. The van der Waals surface area contributed by atoms with Crippen LogP contribution in [0.5, 0.6) is 0 Å². The number of carbonyl (C=O) groups is 1. The Morgan fingerprint density at radius 3 is 2.54 bits per heavy atom. The summed E-state index contributed by atoms with van der Waals surface area (Å²) < 4.78 is 5.02. The molecule has 0 aliphatic heterocycles. The van der Waals surface area contributed by atoms with Crippen LogP contribution in [-0.4, -0.2) is 37.3 Å². The molecule has 0 atom stereocenters. The zero-order chi connectivity index (χ0) is 20.5. The average molecular weight is 420 g/mol. The zero-order valence-electron chi connectivity index (χ0n) is 16.4. The third kappa shape index (κ3) is 6.39. The van der Waals surface area contributed by atoms with E-state index in [2.05, 4.69) is 53.6 Å². The van der Waals surface area contributed by atoms with Crippen molar-refractivity contribution >= 4 is 46.3 Å². The normalized spacial score (nSPS) is 10.3. The summed E-state index contributed by atoms with van der Waals surface area (Å²) in [5, 5.41) is 7.11. The number of carbonyl (C=O) groups excluding carboxylic acids is 1. The van der Waals surface area contributed by atoms with Gasteiger partial charge in [-0.2, -0.15) is 0 Å². The van der Waals surface area contributed by atoms with Crippen molar-refractivity contribution in [2.45, 2.75) is 20.8 Å². The van der Waals surface area contributed by atoms with Crippen molar-refractivity contribution in [3.05, 3.63) is 58.6 Å². The fourth-order valence-corrected chi connectivity index (χ4v) is 3.09. The molecule has 0 heterocycles. The van der Waals surface area contributed by atoms with Crippen LogP contribution in [0, 0.1) is 6.92 Å². The Morgan fingerprint density at radius 2 is 1.89 bits per heavy atom. The lowest BCUT2D eigenvalue weighted by Crippen LogP contribution is -2.36. The number of ether oxygens (including phenoxy) is 1. The summed E-state index contributed by atoms with van der Waals surface area (Å²) in [7, 11) is 0. The molecule has 0 saturated heterocycles. The van der Waals surface area contributed by atoms with Gasteiger partial charge in [0.05, 0.1) is 17.2 Å². The van der Waals surface area contributed by atoms with Crippen molar-refractivity contribution in [3.63, 3.8) is 0 Å². The summed E-state index contributed by atoms with van der Waals surface area (Å²) in [6.07, 6.45) is 0. The molecule has 2 aromatic carbocycles. The van der Waals surface area contributed by atoms with Gasteiger partial charge in [0.15, 0.2) is 5.11 Å². The van der Waals surface area contributed by atoms with Crippen LogP contribution >= 0.6 is 23.8 Å². The molecule has 150 valence electrons. The van der Waals surface area contributed by atoms with Gasteiger partial charge in [-0.25, -0.2) is 4.79 Å².